The van der Waals surface area contributed by atoms with Crippen molar-refractivity contribution in [1.82, 2.24) is 9.55 Å². The molecule has 0 amide bonds. The highest BCUT2D eigenvalue weighted by Gasteiger charge is 2.18. The zero-order valence-electron chi connectivity index (χ0n) is 9.14. The zero-order chi connectivity index (χ0) is 11.6. The molecule has 0 radical (unpaired) electrons. The molecular weight excluding hydrogens is 216 g/mol. The number of sulfone groups is 1. The standard InChI is InChI=1S/C9H16N2O3S/c1-7(2)5-11-8(6-12)4-10-9(11)15(3,13)14/h4,7,12H,5-6H2,1-3H3. The van der Waals surface area contributed by atoms with Crippen LogP contribution in [0.1, 0.15) is 19.5 Å². The van der Waals surface area contributed by atoms with E-state index in [1.807, 2.05) is 13.8 Å². The highest BCUT2D eigenvalue weighted by atomic mass is 32.2. The van der Waals surface area contributed by atoms with Crippen LogP contribution in [0.25, 0.3) is 0 Å². The topological polar surface area (TPSA) is 72.2 Å². The molecule has 15 heavy (non-hydrogen) atoms. The minimum absolute atomic E-state index is 0.0280. The molecule has 1 aromatic rings. The Labute approximate surface area is 89.7 Å². The van der Waals surface area contributed by atoms with Crippen LogP contribution in [0, 0.1) is 5.92 Å². The second-order valence-electron chi connectivity index (χ2n) is 3.97. The predicted octanol–water partition coefficient (Wildman–Crippen LogP) is 0.435. The van der Waals surface area contributed by atoms with Gasteiger partial charge in [-0.3, -0.25) is 0 Å². The first-order valence-electron chi connectivity index (χ1n) is 4.71. The van der Waals surface area contributed by atoms with E-state index in [0.717, 1.165) is 6.26 Å². The summed E-state index contributed by atoms with van der Waals surface area (Å²) in [6, 6.07) is 0. The third-order valence-corrected chi connectivity index (χ3v) is 2.93. The quantitative estimate of drug-likeness (QED) is 0.817. The van der Waals surface area contributed by atoms with Gasteiger partial charge in [0.15, 0.2) is 0 Å². The Morgan fingerprint density at radius 1 is 1.53 bits per heavy atom. The fourth-order valence-corrected chi connectivity index (χ4v) is 2.21. The second-order valence-corrected chi connectivity index (χ2v) is 5.88. The Morgan fingerprint density at radius 2 is 2.13 bits per heavy atom. The van der Waals surface area contributed by atoms with Crippen LogP contribution >= 0.6 is 0 Å². The summed E-state index contributed by atoms with van der Waals surface area (Å²) in [5.41, 5.74) is 0.532. The van der Waals surface area contributed by atoms with Gasteiger partial charge in [0, 0.05) is 12.8 Å². The Bertz CT molecular complexity index is 434. The normalized spacial score (nSPS) is 12.3. The molecule has 6 heteroatoms. The number of imidazole rings is 1. The summed E-state index contributed by atoms with van der Waals surface area (Å²) in [5, 5.41) is 9.08. The monoisotopic (exact) mass is 232 g/mol. The summed E-state index contributed by atoms with van der Waals surface area (Å²) in [4.78, 5) is 3.83. The lowest BCUT2D eigenvalue weighted by atomic mass is 10.2. The molecule has 0 saturated heterocycles. The van der Waals surface area contributed by atoms with E-state index in [-0.39, 0.29) is 11.8 Å². The van der Waals surface area contributed by atoms with Gasteiger partial charge in [0.2, 0.25) is 15.0 Å². The van der Waals surface area contributed by atoms with Crippen molar-refractivity contribution in [2.45, 2.75) is 32.2 Å². The Morgan fingerprint density at radius 3 is 2.53 bits per heavy atom. The Hall–Kier alpha value is -0.880. The van der Waals surface area contributed by atoms with Gasteiger partial charge in [-0.15, -0.1) is 0 Å². The third-order valence-electron chi connectivity index (χ3n) is 1.94. The average Bonchev–Trinajstić information content (AvgIpc) is 2.45. The molecule has 86 valence electrons. The van der Waals surface area contributed by atoms with Gasteiger partial charge >= 0.3 is 0 Å². The van der Waals surface area contributed by atoms with E-state index in [4.69, 9.17) is 5.11 Å². The van der Waals surface area contributed by atoms with Crippen molar-refractivity contribution in [3.8, 4) is 0 Å². The third kappa shape index (κ3) is 2.79. The molecule has 1 N–H and O–H groups in total. The Kier molecular flexibility index (Phi) is 3.51. The van der Waals surface area contributed by atoms with Crippen LogP contribution in [0.5, 0.6) is 0 Å². The van der Waals surface area contributed by atoms with Crippen molar-refractivity contribution in [1.29, 1.82) is 0 Å². The van der Waals surface area contributed by atoms with Crippen molar-refractivity contribution in [3.63, 3.8) is 0 Å². The number of aliphatic hydroxyl groups is 1. The van der Waals surface area contributed by atoms with Crippen LogP contribution in [-0.4, -0.2) is 29.3 Å². The van der Waals surface area contributed by atoms with Crippen molar-refractivity contribution in [3.05, 3.63) is 11.9 Å². The molecule has 0 saturated carbocycles. The van der Waals surface area contributed by atoms with E-state index < -0.39 is 9.84 Å². The van der Waals surface area contributed by atoms with Crippen molar-refractivity contribution in [2.24, 2.45) is 5.92 Å². The number of aliphatic hydroxyl groups excluding tert-OH is 1. The van der Waals surface area contributed by atoms with Gasteiger partial charge in [0.05, 0.1) is 18.5 Å². The average molecular weight is 232 g/mol. The molecule has 1 rings (SSSR count). The highest BCUT2D eigenvalue weighted by molar-refractivity contribution is 7.90. The molecule has 0 unspecified atom stereocenters. The fraction of sp³-hybridized carbons (Fsp3) is 0.667. The van der Waals surface area contributed by atoms with E-state index in [9.17, 15) is 8.42 Å². The van der Waals surface area contributed by atoms with E-state index >= 15 is 0 Å². The summed E-state index contributed by atoms with van der Waals surface area (Å²) in [6.07, 6.45) is 2.52. The first kappa shape index (κ1) is 12.2. The van der Waals surface area contributed by atoms with Crippen molar-refractivity contribution < 1.29 is 13.5 Å². The molecule has 0 aromatic carbocycles. The molecule has 0 bridgehead atoms. The Balaban J connectivity index is 3.24. The lowest BCUT2D eigenvalue weighted by Gasteiger charge is -2.11. The van der Waals surface area contributed by atoms with Gasteiger partial charge in [0.25, 0.3) is 0 Å². The number of rotatable bonds is 4. The van der Waals surface area contributed by atoms with Crippen LogP contribution in [0.15, 0.2) is 11.4 Å². The molecule has 0 atom stereocenters. The summed E-state index contributed by atoms with van der Waals surface area (Å²) >= 11 is 0. The SMILES string of the molecule is CC(C)Cn1c(CO)cnc1S(C)(=O)=O. The van der Waals surface area contributed by atoms with Crippen LogP contribution in [0.4, 0.5) is 0 Å². The van der Waals surface area contributed by atoms with Gasteiger partial charge in [-0.2, -0.15) is 0 Å². The lowest BCUT2D eigenvalue weighted by Crippen LogP contribution is -2.14. The van der Waals surface area contributed by atoms with Gasteiger partial charge in [0.1, 0.15) is 0 Å². The molecular formula is C9H16N2O3S. The fourth-order valence-electron chi connectivity index (χ4n) is 1.37. The minimum Gasteiger partial charge on any atom is -0.390 e. The maximum absolute atomic E-state index is 11.4. The molecule has 0 aliphatic carbocycles. The lowest BCUT2D eigenvalue weighted by molar-refractivity contribution is 0.266. The molecule has 0 aliphatic heterocycles. The van der Waals surface area contributed by atoms with Gasteiger partial charge in [-0.05, 0) is 5.92 Å². The second kappa shape index (κ2) is 4.32. The predicted molar refractivity (Wildman–Crippen MR) is 56.1 cm³/mol. The number of aromatic nitrogens is 2. The van der Waals surface area contributed by atoms with E-state index in [0.29, 0.717) is 18.2 Å². The van der Waals surface area contributed by atoms with Crippen LogP contribution < -0.4 is 0 Å². The summed E-state index contributed by atoms with van der Waals surface area (Å²) in [7, 11) is -3.33. The molecule has 0 spiro atoms. The molecule has 5 nitrogen and oxygen atoms in total. The largest absolute Gasteiger partial charge is 0.390 e. The van der Waals surface area contributed by atoms with E-state index in [1.165, 1.54) is 6.20 Å². The van der Waals surface area contributed by atoms with Crippen molar-refractivity contribution in [2.75, 3.05) is 6.26 Å². The van der Waals surface area contributed by atoms with Gasteiger partial charge < -0.3 is 9.67 Å². The van der Waals surface area contributed by atoms with E-state index in [2.05, 4.69) is 4.98 Å². The molecule has 0 aliphatic rings. The number of nitrogens with zero attached hydrogens (tertiary/aromatic N) is 2. The van der Waals surface area contributed by atoms with Crippen LogP contribution in [0.3, 0.4) is 0 Å². The van der Waals surface area contributed by atoms with Crippen LogP contribution in [-0.2, 0) is 23.0 Å². The van der Waals surface area contributed by atoms with E-state index in [1.54, 1.807) is 4.57 Å². The van der Waals surface area contributed by atoms with Crippen molar-refractivity contribution >= 4 is 9.84 Å². The zero-order valence-corrected chi connectivity index (χ0v) is 9.95. The first-order chi connectivity index (χ1) is 6.86. The highest BCUT2D eigenvalue weighted by Crippen LogP contribution is 2.13. The first-order valence-corrected chi connectivity index (χ1v) is 6.60. The molecule has 1 aromatic heterocycles. The van der Waals surface area contributed by atoms with Gasteiger partial charge in [-0.1, -0.05) is 13.8 Å². The number of hydrogen-bond acceptors (Lipinski definition) is 4. The summed E-state index contributed by atoms with van der Waals surface area (Å²) in [6.45, 7) is 4.30. The molecule has 0 fully saturated rings. The maximum Gasteiger partial charge on any atom is 0.227 e. The minimum atomic E-state index is -3.33. The summed E-state index contributed by atoms with van der Waals surface area (Å²) in [5.74, 6) is 0.296. The smallest absolute Gasteiger partial charge is 0.227 e. The van der Waals surface area contributed by atoms with Gasteiger partial charge in [-0.25, -0.2) is 13.4 Å². The molecule has 1 heterocycles. The number of hydrogen-bond donors (Lipinski definition) is 1. The summed E-state index contributed by atoms with van der Waals surface area (Å²) < 4.78 is 24.4. The maximum atomic E-state index is 11.4. The van der Waals surface area contributed by atoms with Crippen LogP contribution in [0.2, 0.25) is 0 Å².